The Labute approximate surface area is 263 Å². The molecule has 45 heavy (non-hydrogen) atoms. The third-order valence-corrected chi connectivity index (χ3v) is 11.1. The van der Waals surface area contributed by atoms with Crippen LogP contribution in [0.1, 0.15) is 54.4 Å². The van der Waals surface area contributed by atoms with Crippen molar-refractivity contribution in [2.45, 2.75) is 62.3 Å². The van der Waals surface area contributed by atoms with E-state index >= 15 is 0 Å². The molecule has 3 N–H and O–H groups in total. The Morgan fingerprint density at radius 2 is 1.84 bits per heavy atom. The lowest BCUT2D eigenvalue weighted by molar-refractivity contribution is -0.137. The van der Waals surface area contributed by atoms with Gasteiger partial charge in [0.25, 0.3) is 5.91 Å². The van der Waals surface area contributed by atoms with E-state index in [4.69, 9.17) is 21.1 Å². The minimum absolute atomic E-state index is 0.000940. The average molecular weight is 649 g/mol. The zero-order valence-corrected chi connectivity index (χ0v) is 25.6. The quantitative estimate of drug-likeness (QED) is 0.380. The summed E-state index contributed by atoms with van der Waals surface area (Å²) in [6, 6.07) is 2.93. The number of carbonyl (C=O) groups is 2. The Hall–Kier alpha value is -3.16. The second kappa shape index (κ2) is 11.6. The Balaban J connectivity index is 1.08. The van der Waals surface area contributed by atoms with Crippen LogP contribution in [0.25, 0.3) is 0 Å². The number of hydrogen-bond donors (Lipinski definition) is 3. The standard InChI is InChI=1S/C31H36ClF3N6O4/c1-44-29-24(26(36-15-37-29)39-22-14-30(12-18(22)13-30)41-6-8-45-9-7-41)28(43)40-25-17-3-2-16(10-17)23(25)27(42)38-19-4-5-21(32)20(11-19)31(33,34)35/h4-5,11,15-18,22-23,25H,2-3,6-10,12-14H2,1H3,(H,38,42)(H,40,43)(H,36,37,39)/t16-,17+,18?,22?,23+,25-,30?/m1/s1. The molecule has 5 atom stereocenters. The fourth-order valence-electron chi connectivity index (χ4n) is 8.70. The van der Waals surface area contributed by atoms with Gasteiger partial charge in [-0.05, 0) is 74.5 Å². The number of benzene rings is 1. The van der Waals surface area contributed by atoms with E-state index in [0.29, 0.717) is 11.7 Å². The topological polar surface area (TPSA) is 118 Å². The van der Waals surface area contributed by atoms with Gasteiger partial charge in [-0.1, -0.05) is 11.6 Å². The van der Waals surface area contributed by atoms with E-state index in [9.17, 15) is 22.8 Å². The number of nitrogens with one attached hydrogen (secondary N) is 3. The lowest BCUT2D eigenvalue weighted by atomic mass is 9.75. The number of ether oxygens (including phenoxy) is 2. The first-order chi connectivity index (χ1) is 21.6. The molecular weight excluding hydrogens is 613 g/mol. The number of rotatable bonds is 8. The molecule has 1 aromatic carbocycles. The minimum atomic E-state index is -4.66. The summed E-state index contributed by atoms with van der Waals surface area (Å²) < 4.78 is 51.3. The molecule has 1 saturated heterocycles. The van der Waals surface area contributed by atoms with Crippen molar-refractivity contribution in [1.82, 2.24) is 20.2 Å². The summed E-state index contributed by atoms with van der Waals surface area (Å²) in [5, 5.41) is 8.83. The molecule has 1 aromatic heterocycles. The highest BCUT2D eigenvalue weighted by molar-refractivity contribution is 6.31. The van der Waals surface area contributed by atoms with Crippen LogP contribution in [0.15, 0.2) is 24.5 Å². The number of alkyl halides is 3. The normalized spacial score (nSPS) is 32.2. The van der Waals surface area contributed by atoms with E-state index in [2.05, 4.69) is 30.8 Å². The van der Waals surface area contributed by atoms with Gasteiger partial charge in [0.05, 0.1) is 36.8 Å². The van der Waals surface area contributed by atoms with E-state index in [1.807, 2.05) is 0 Å². The Morgan fingerprint density at radius 1 is 1.09 bits per heavy atom. The van der Waals surface area contributed by atoms with Gasteiger partial charge in [0.1, 0.15) is 17.7 Å². The summed E-state index contributed by atoms with van der Waals surface area (Å²) in [4.78, 5) is 38.7. The summed E-state index contributed by atoms with van der Waals surface area (Å²) in [5.41, 5.74) is -0.690. The maximum atomic E-state index is 14.0. The molecule has 0 radical (unpaired) electrons. The average Bonchev–Trinajstić information content (AvgIpc) is 3.77. The molecule has 10 nitrogen and oxygen atoms in total. The molecule has 6 fully saturated rings. The van der Waals surface area contributed by atoms with Crippen molar-refractivity contribution in [3.63, 3.8) is 0 Å². The van der Waals surface area contributed by atoms with Gasteiger partial charge in [0.15, 0.2) is 0 Å². The predicted octanol–water partition coefficient (Wildman–Crippen LogP) is 4.61. The number of amides is 2. The highest BCUT2D eigenvalue weighted by Gasteiger charge is 2.59. The molecule has 6 aliphatic rings. The van der Waals surface area contributed by atoms with Gasteiger partial charge >= 0.3 is 6.18 Å². The number of morpholine rings is 1. The number of carbonyl (C=O) groups excluding carboxylic acids is 2. The van der Waals surface area contributed by atoms with Gasteiger partial charge in [-0.2, -0.15) is 13.2 Å². The van der Waals surface area contributed by atoms with E-state index in [-0.39, 0.29) is 40.5 Å². The van der Waals surface area contributed by atoms with Gasteiger partial charge < -0.3 is 25.4 Å². The monoisotopic (exact) mass is 648 g/mol. The zero-order chi connectivity index (χ0) is 31.5. The number of halogens is 4. The van der Waals surface area contributed by atoms with Crippen LogP contribution in [0, 0.1) is 23.7 Å². The lowest BCUT2D eigenvalue weighted by Gasteiger charge is -2.49. The fraction of sp³-hybridized carbons (Fsp3) is 0.613. The van der Waals surface area contributed by atoms with Gasteiger partial charge in [0.2, 0.25) is 11.8 Å². The molecule has 5 saturated carbocycles. The van der Waals surface area contributed by atoms with Gasteiger partial charge in [-0.25, -0.2) is 9.97 Å². The van der Waals surface area contributed by atoms with Crippen LogP contribution in [0.4, 0.5) is 24.7 Å². The van der Waals surface area contributed by atoms with Crippen molar-refractivity contribution in [2.75, 3.05) is 44.0 Å². The summed E-state index contributed by atoms with van der Waals surface area (Å²) >= 11 is 5.77. The van der Waals surface area contributed by atoms with E-state index in [1.54, 1.807) is 0 Å². The Kier molecular flexibility index (Phi) is 7.84. The number of nitrogens with zero attached hydrogens (tertiary/aromatic N) is 3. The van der Waals surface area contributed by atoms with Crippen molar-refractivity contribution < 1.29 is 32.2 Å². The molecular formula is C31H36ClF3N6O4. The highest BCUT2D eigenvalue weighted by atomic mass is 35.5. The van der Waals surface area contributed by atoms with E-state index in [1.165, 1.54) is 19.5 Å². The smallest absolute Gasteiger partial charge is 0.417 e. The number of aromatic nitrogens is 2. The largest absolute Gasteiger partial charge is 0.480 e. The second-order valence-corrected chi connectivity index (χ2v) is 13.5. The summed E-state index contributed by atoms with van der Waals surface area (Å²) in [7, 11) is 1.44. The Morgan fingerprint density at radius 3 is 2.58 bits per heavy atom. The maximum absolute atomic E-state index is 14.0. The molecule has 8 rings (SSSR count). The van der Waals surface area contributed by atoms with Gasteiger partial charge in [-0.3, -0.25) is 14.5 Å². The predicted molar refractivity (Wildman–Crippen MR) is 159 cm³/mol. The van der Waals surface area contributed by atoms with E-state index < -0.39 is 40.5 Å². The molecule has 0 spiro atoms. The SMILES string of the molecule is COc1ncnc(NC2CC3(N4CCOCC4)CC2C3)c1C(=O)N[C@@H]1[C@H]2CC[C@H](C2)[C@@H]1C(=O)Nc1ccc(Cl)c(C(F)(F)F)c1. The van der Waals surface area contributed by atoms with Crippen LogP contribution in [0.2, 0.25) is 5.02 Å². The molecule has 242 valence electrons. The molecule has 1 unspecified atom stereocenters. The maximum Gasteiger partial charge on any atom is 0.417 e. The fourth-order valence-corrected chi connectivity index (χ4v) is 8.92. The van der Waals surface area contributed by atoms with Crippen LogP contribution >= 0.6 is 11.6 Å². The molecule has 5 aliphatic carbocycles. The number of hydrogen-bond acceptors (Lipinski definition) is 8. The Bertz CT molecular complexity index is 1480. The van der Waals surface area contributed by atoms with Crippen molar-refractivity contribution in [3.05, 3.63) is 40.7 Å². The molecule has 14 heteroatoms. The first kappa shape index (κ1) is 30.5. The number of methoxy groups -OCH3 is 1. The van der Waals surface area contributed by atoms with Crippen molar-refractivity contribution >= 4 is 34.9 Å². The number of fused-ring (bicyclic) bond motifs is 3. The van der Waals surface area contributed by atoms with E-state index in [0.717, 1.165) is 77.0 Å². The minimum Gasteiger partial charge on any atom is -0.480 e. The summed E-state index contributed by atoms with van der Waals surface area (Å²) in [5.74, 6) is -0.450. The van der Waals surface area contributed by atoms with Crippen molar-refractivity contribution in [3.8, 4) is 5.88 Å². The first-order valence-electron chi connectivity index (χ1n) is 15.5. The lowest BCUT2D eigenvalue weighted by Crippen LogP contribution is -2.56. The van der Waals surface area contributed by atoms with Crippen molar-refractivity contribution in [2.24, 2.45) is 23.7 Å². The molecule has 1 aliphatic heterocycles. The molecule has 2 amide bonds. The summed E-state index contributed by atoms with van der Waals surface area (Å²) in [6.45, 7) is 3.34. The van der Waals surface area contributed by atoms with Crippen LogP contribution < -0.4 is 20.7 Å². The highest BCUT2D eigenvalue weighted by Crippen LogP contribution is 2.56. The summed E-state index contributed by atoms with van der Waals surface area (Å²) in [6.07, 6.45) is 2.23. The zero-order valence-electron chi connectivity index (χ0n) is 24.8. The number of anilines is 2. The van der Waals surface area contributed by atoms with Crippen LogP contribution in [-0.2, 0) is 15.7 Å². The van der Waals surface area contributed by atoms with Crippen LogP contribution in [-0.4, -0.2) is 77.7 Å². The van der Waals surface area contributed by atoms with Gasteiger partial charge in [0, 0.05) is 36.4 Å². The third-order valence-electron chi connectivity index (χ3n) is 10.7. The third kappa shape index (κ3) is 5.50. The van der Waals surface area contributed by atoms with Crippen LogP contribution in [0.3, 0.4) is 0 Å². The molecule has 2 aromatic rings. The van der Waals surface area contributed by atoms with Gasteiger partial charge in [-0.15, -0.1) is 0 Å². The molecule has 2 heterocycles. The molecule has 4 bridgehead atoms. The second-order valence-electron chi connectivity index (χ2n) is 13.1. The van der Waals surface area contributed by atoms with Crippen LogP contribution in [0.5, 0.6) is 5.88 Å². The first-order valence-corrected chi connectivity index (χ1v) is 15.9. The van der Waals surface area contributed by atoms with Crippen molar-refractivity contribution in [1.29, 1.82) is 0 Å².